The Morgan fingerprint density at radius 1 is 0.800 bits per heavy atom. The van der Waals surface area contributed by atoms with Gasteiger partial charge in [0.25, 0.3) is 0 Å². The number of hydrogen-bond acceptors (Lipinski definition) is 1. The third-order valence-corrected chi connectivity index (χ3v) is 6.77. The van der Waals surface area contributed by atoms with Crippen molar-refractivity contribution in [3.63, 3.8) is 0 Å². The maximum atomic E-state index is 2.33. The Kier molecular flexibility index (Phi) is 10.1. The van der Waals surface area contributed by atoms with Crippen molar-refractivity contribution in [1.82, 2.24) is 0 Å². The van der Waals surface area contributed by atoms with Gasteiger partial charge in [-0.2, -0.15) is 11.8 Å². The predicted octanol–water partition coefficient (Wildman–Crippen LogP) is 7.22. The van der Waals surface area contributed by atoms with E-state index in [9.17, 15) is 0 Å². The molecule has 0 saturated heterocycles. The molecule has 0 heterocycles. The summed E-state index contributed by atoms with van der Waals surface area (Å²) in [5.74, 6) is 2.46. The van der Waals surface area contributed by atoms with Gasteiger partial charge in [0.1, 0.15) is 0 Å². The molecular weight excluding hydrogens is 260 g/mol. The Balaban J connectivity index is 2.14. The molecule has 0 aliphatic heterocycles. The van der Waals surface area contributed by atoms with E-state index in [1.165, 1.54) is 89.2 Å². The normalized spacial score (nSPS) is 25.1. The Morgan fingerprint density at radius 3 is 2.15 bits per heavy atom. The molecule has 1 rings (SSSR count). The summed E-state index contributed by atoms with van der Waals surface area (Å²) in [4.78, 5) is 0. The van der Waals surface area contributed by atoms with E-state index in [4.69, 9.17) is 0 Å². The zero-order valence-corrected chi connectivity index (χ0v) is 15.2. The monoisotopic (exact) mass is 298 g/mol. The lowest BCUT2D eigenvalue weighted by atomic mass is 10.0. The summed E-state index contributed by atoms with van der Waals surface area (Å²) in [5.41, 5.74) is 0. The number of unbranched alkanes of at least 4 members (excludes halogenated alkanes) is 7. The lowest BCUT2D eigenvalue weighted by Crippen LogP contribution is -2.08. The summed E-state index contributed by atoms with van der Waals surface area (Å²) in [7, 11) is 0. The Hall–Kier alpha value is 0.350. The number of rotatable bonds is 14. The van der Waals surface area contributed by atoms with Crippen LogP contribution in [0.5, 0.6) is 0 Å². The lowest BCUT2D eigenvalue weighted by Gasteiger charge is -2.17. The largest absolute Gasteiger partial charge is 0.155 e. The van der Waals surface area contributed by atoms with Crippen molar-refractivity contribution in [3.05, 3.63) is 0 Å². The van der Waals surface area contributed by atoms with E-state index in [0.29, 0.717) is 0 Å². The average Bonchev–Trinajstić information content (AvgIpc) is 3.14. The van der Waals surface area contributed by atoms with Gasteiger partial charge in [0, 0.05) is 4.75 Å². The minimum Gasteiger partial charge on any atom is -0.155 e. The second-order valence-electron chi connectivity index (χ2n) is 6.83. The lowest BCUT2D eigenvalue weighted by molar-refractivity contribution is 0.539. The van der Waals surface area contributed by atoms with Crippen LogP contribution in [-0.4, -0.2) is 10.5 Å². The Morgan fingerprint density at radius 2 is 1.45 bits per heavy atom. The van der Waals surface area contributed by atoms with E-state index in [-0.39, 0.29) is 0 Å². The third-order valence-electron chi connectivity index (χ3n) is 4.88. The standard InChI is InChI=1S/C19H38S/c1-4-7-9-10-11-12-14-18-17-19(18,20-16-6-3)15-13-8-5-2/h18H,4-17H2,1-3H3/t18-,19+/m0/s1. The van der Waals surface area contributed by atoms with Crippen LogP contribution in [0.15, 0.2) is 0 Å². The van der Waals surface area contributed by atoms with Crippen molar-refractivity contribution in [3.8, 4) is 0 Å². The first-order chi connectivity index (χ1) is 9.79. The molecule has 0 N–H and O–H groups in total. The minimum absolute atomic E-state index is 0.731. The molecule has 1 saturated carbocycles. The van der Waals surface area contributed by atoms with Gasteiger partial charge in [0.15, 0.2) is 0 Å². The van der Waals surface area contributed by atoms with E-state index in [1.54, 1.807) is 0 Å². The Labute approximate surface area is 132 Å². The van der Waals surface area contributed by atoms with Gasteiger partial charge < -0.3 is 0 Å². The molecule has 0 aromatic rings. The zero-order valence-electron chi connectivity index (χ0n) is 14.4. The van der Waals surface area contributed by atoms with E-state index < -0.39 is 0 Å². The van der Waals surface area contributed by atoms with E-state index in [0.717, 1.165) is 10.7 Å². The molecule has 1 aliphatic carbocycles. The van der Waals surface area contributed by atoms with Crippen LogP contribution in [0.1, 0.15) is 104 Å². The fourth-order valence-electron chi connectivity index (χ4n) is 3.43. The Bertz CT molecular complexity index is 226. The van der Waals surface area contributed by atoms with Crippen LogP contribution in [0.2, 0.25) is 0 Å². The van der Waals surface area contributed by atoms with Crippen molar-refractivity contribution in [2.45, 2.75) is 109 Å². The van der Waals surface area contributed by atoms with Crippen molar-refractivity contribution >= 4 is 11.8 Å². The van der Waals surface area contributed by atoms with Crippen LogP contribution < -0.4 is 0 Å². The maximum Gasteiger partial charge on any atom is 0.0191 e. The summed E-state index contributed by atoms with van der Waals surface area (Å²) >= 11 is 2.32. The molecule has 0 radical (unpaired) electrons. The smallest absolute Gasteiger partial charge is 0.0191 e. The topological polar surface area (TPSA) is 0 Å². The first-order valence-electron chi connectivity index (χ1n) is 9.43. The molecule has 20 heavy (non-hydrogen) atoms. The molecule has 0 amide bonds. The summed E-state index contributed by atoms with van der Waals surface area (Å²) in [5, 5.41) is 0. The first kappa shape index (κ1) is 18.4. The zero-order chi connectivity index (χ0) is 14.7. The number of thioether (sulfide) groups is 1. The van der Waals surface area contributed by atoms with Crippen LogP contribution in [0.4, 0.5) is 0 Å². The second kappa shape index (κ2) is 11.0. The second-order valence-corrected chi connectivity index (χ2v) is 8.34. The fourth-order valence-corrected chi connectivity index (χ4v) is 5.00. The molecule has 2 atom stereocenters. The summed E-state index contributed by atoms with van der Waals surface area (Å²) in [6.07, 6.45) is 18.9. The van der Waals surface area contributed by atoms with Crippen LogP contribution in [0.25, 0.3) is 0 Å². The van der Waals surface area contributed by atoms with Gasteiger partial charge in [-0.15, -0.1) is 0 Å². The molecular formula is C19H38S. The van der Waals surface area contributed by atoms with Crippen molar-refractivity contribution in [1.29, 1.82) is 0 Å². The highest BCUT2D eigenvalue weighted by Crippen LogP contribution is 2.59. The van der Waals surface area contributed by atoms with Crippen molar-refractivity contribution in [2.75, 3.05) is 5.75 Å². The molecule has 1 aliphatic rings. The maximum absolute atomic E-state index is 2.33. The molecule has 0 unspecified atom stereocenters. The predicted molar refractivity (Wildman–Crippen MR) is 95.7 cm³/mol. The SMILES string of the molecule is CCCCCCCC[C@H]1C[C@@]1(CCCCC)SCCC. The summed E-state index contributed by atoms with van der Waals surface area (Å²) in [6.45, 7) is 6.96. The highest BCUT2D eigenvalue weighted by atomic mass is 32.2. The molecule has 1 fully saturated rings. The molecule has 1 heteroatoms. The van der Waals surface area contributed by atoms with E-state index >= 15 is 0 Å². The highest BCUT2D eigenvalue weighted by Gasteiger charge is 2.52. The van der Waals surface area contributed by atoms with Gasteiger partial charge >= 0.3 is 0 Å². The fraction of sp³-hybridized carbons (Fsp3) is 1.00. The van der Waals surface area contributed by atoms with Crippen LogP contribution >= 0.6 is 11.8 Å². The van der Waals surface area contributed by atoms with Crippen LogP contribution in [0.3, 0.4) is 0 Å². The average molecular weight is 299 g/mol. The van der Waals surface area contributed by atoms with Crippen LogP contribution in [-0.2, 0) is 0 Å². The van der Waals surface area contributed by atoms with Gasteiger partial charge in [0.2, 0.25) is 0 Å². The molecule has 0 aromatic heterocycles. The molecule has 120 valence electrons. The van der Waals surface area contributed by atoms with Gasteiger partial charge in [0.05, 0.1) is 0 Å². The summed E-state index contributed by atoms with van der Waals surface area (Å²) in [6, 6.07) is 0. The van der Waals surface area contributed by atoms with E-state index in [2.05, 4.69) is 32.5 Å². The van der Waals surface area contributed by atoms with Gasteiger partial charge in [-0.25, -0.2) is 0 Å². The summed E-state index contributed by atoms with van der Waals surface area (Å²) < 4.78 is 0.731. The molecule has 0 bridgehead atoms. The number of hydrogen-bond donors (Lipinski definition) is 0. The van der Waals surface area contributed by atoms with Gasteiger partial charge in [-0.3, -0.25) is 0 Å². The van der Waals surface area contributed by atoms with Crippen molar-refractivity contribution < 1.29 is 0 Å². The molecule has 0 aromatic carbocycles. The van der Waals surface area contributed by atoms with Crippen molar-refractivity contribution in [2.24, 2.45) is 5.92 Å². The minimum atomic E-state index is 0.731. The first-order valence-corrected chi connectivity index (χ1v) is 10.4. The quantitative estimate of drug-likeness (QED) is 0.305. The highest BCUT2D eigenvalue weighted by molar-refractivity contribution is 8.00. The van der Waals surface area contributed by atoms with Gasteiger partial charge in [-0.05, 0) is 37.4 Å². The molecule has 0 nitrogen and oxygen atoms in total. The third kappa shape index (κ3) is 6.87. The van der Waals surface area contributed by atoms with E-state index in [1.807, 2.05) is 0 Å². The van der Waals surface area contributed by atoms with Crippen LogP contribution in [0, 0.1) is 5.92 Å². The van der Waals surface area contributed by atoms with Gasteiger partial charge in [-0.1, -0.05) is 78.6 Å². The molecule has 0 spiro atoms.